The van der Waals surface area contributed by atoms with Crippen molar-refractivity contribution in [2.24, 2.45) is 5.73 Å². The summed E-state index contributed by atoms with van der Waals surface area (Å²) in [6.07, 6.45) is -0.495. The first kappa shape index (κ1) is 10.9. The first-order valence-electron chi connectivity index (χ1n) is 4.37. The van der Waals surface area contributed by atoms with Gasteiger partial charge in [-0.3, -0.25) is 4.98 Å². The summed E-state index contributed by atoms with van der Waals surface area (Å²) in [4.78, 5) is 3.78. The lowest BCUT2D eigenvalue weighted by Crippen LogP contribution is -2.22. The van der Waals surface area contributed by atoms with Crippen LogP contribution in [0.4, 0.5) is 0 Å². The SMILES string of the molecule is NCCC(O)C(O)c1ncccc1O. The minimum atomic E-state index is -1.19. The van der Waals surface area contributed by atoms with E-state index in [1.807, 2.05) is 0 Å². The van der Waals surface area contributed by atoms with Gasteiger partial charge in [0.25, 0.3) is 0 Å². The molecule has 0 aromatic carbocycles. The maximum atomic E-state index is 9.57. The summed E-state index contributed by atoms with van der Waals surface area (Å²) in [5.41, 5.74) is 5.31. The zero-order chi connectivity index (χ0) is 10.6. The molecule has 1 rings (SSSR count). The zero-order valence-electron chi connectivity index (χ0n) is 7.67. The van der Waals surface area contributed by atoms with Crippen LogP contribution in [0.5, 0.6) is 5.75 Å². The van der Waals surface area contributed by atoms with Crippen LogP contribution in [0.2, 0.25) is 0 Å². The molecule has 0 aliphatic heterocycles. The van der Waals surface area contributed by atoms with Gasteiger partial charge in [-0.15, -0.1) is 0 Å². The Balaban J connectivity index is 2.78. The molecule has 0 spiro atoms. The van der Waals surface area contributed by atoms with Crippen molar-refractivity contribution in [3.05, 3.63) is 24.0 Å². The first-order valence-corrected chi connectivity index (χ1v) is 4.37. The maximum absolute atomic E-state index is 9.57. The third-order valence-electron chi connectivity index (χ3n) is 1.92. The van der Waals surface area contributed by atoms with Crippen LogP contribution in [0.1, 0.15) is 18.2 Å². The summed E-state index contributed by atoms with van der Waals surface area (Å²) in [5.74, 6) is -0.129. The van der Waals surface area contributed by atoms with Gasteiger partial charge in [0.15, 0.2) is 0 Å². The molecular weight excluding hydrogens is 184 g/mol. The number of nitrogens with two attached hydrogens (primary N) is 1. The summed E-state index contributed by atoms with van der Waals surface area (Å²) >= 11 is 0. The number of hydrogen-bond donors (Lipinski definition) is 4. The van der Waals surface area contributed by atoms with Crippen LogP contribution >= 0.6 is 0 Å². The Morgan fingerprint density at radius 1 is 1.43 bits per heavy atom. The van der Waals surface area contributed by atoms with Gasteiger partial charge in [-0.05, 0) is 25.1 Å². The standard InChI is InChI=1S/C9H14N2O3/c10-4-3-7(13)9(14)8-6(12)2-1-5-11-8/h1-2,5,7,9,12-14H,3-4,10H2. The van der Waals surface area contributed by atoms with E-state index < -0.39 is 12.2 Å². The number of aliphatic hydroxyl groups excluding tert-OH is 2. The van der Waals surface area contributed by atoms with Crippen molar-refractivity contribution in [3.63, 3.8) is 0 Å². The molecule has 1 aromatic rings. The predicted octanol–water partition coefficient (Wildman–Crippen LogP) is -0.470. The van der Waals surface area contributed by atoms with E-state index in [1.54, 1.807) is 6.07 Å². The van der Waals surface area contributed by atoms with Crippen molar-refractivity contribution in [1.82, 2.24) is 4.98 Å². The van der Waals surface area contributed by atoms with Gasteiger partial charge in [0.2, 0.25) is 0 Å². The van der Waals surface area contributed by atoms with Crippen molar-refractivity contribution >= 4 is 0 Å². The molecular formula is C9H14N2O3. The van der Waals surface area contributed by atoms with Gasteiger partial charge in [0.05, 0.1) is 6.10 Å². The van der Waals surface area contributed by atoms with Crippen molar-refractivity contribution in [1.29, 1.82) is 0 Å². The number of aromatic nitrogens is 1. The Morgan fingerprint density at radius 3 is 2.71 bits per heavy atom. The molecule has 5 heteroatoms. The maximum Gasteiger partial charge on any atom is 0.139 e. The van der Waals surface area contributed by atoms with Crippen LogP contribution in [-0.2, 0) is 0 Å². The van der Waals surface area contributed by atoms with Crippen molar-refractivity contribution in [3.8, 4) is 5.75 Å². The van der Waals surface area contributed by atoms with E-state index >= 15 is 0 Å². The molecule has 14 heavy (non-hydrogen) atoms. The Bertz CT molecular complexity index is 293. The normalized spacial score (nSPS) is 15.1. The summed E-state index contributed by atoms with van der Waals surface area (Å²) in [5, 5.41) is 28.3. The highest BCUT2D eigenvalue weighted by molar-refractivity contribution is 5.27. The van der Waals surface area contributed by atoms with Crippen molar-refractivity contribution < 1.29 is 15.3 Å². The molecule has 78 valence electrons. The second-order valence-corrected chi connectivity index (χ2v) is 3.00. The number of hydrogen-bond acceptors (Lipinski definition) is 5. The molecule has 0 radical (unpaired) electrons. The van der Waals surface area contributed by atoms with Gasteiger partial charge in [-0.25, -0.2) is 0 Å². The van der Waals surface area contributed by atoms with Crippen LogP contribution < -0.4 is 5.73 Å². The fourth-order valence-corrected chi connectivity index (χ4v) is 1.15. The highest BCUT2D eigenvalue weighted by Gasteiger charge is 2.21. The minimum absolute atomic E-state index is 0.0773. The highest BCUT2D eigenvalue weighted by atomic mass is 16.3. The predicted molar refractivity (Wildman–Crippen MR) is 50.5 cm³/mol. The number of nitrogens with zero attached hydrogens (tertiary/aromatic N) is 1. The summed E-state index contributed by atoms with van der Waals surface area (Å²) in [6.45, 7) is 0.270. The first-order chi connectivity index (χ1) is 6.66. The molecule has 1 aromatic heterocycles. The zero-order valence-corrected chi connectivity index (χ0v) is 7.67. The van der Waals surface area contributed by atoms with Gasteiger partial charge in [-0.1, -0.05) is 0 Å². The van der Waals surface area contributed by atoms with Crippen LogP contribution in [0.25, 0.3) is 0 Å². The second kappa shape index (κ2) is 4.90. The molecule has 1 heterocycles. The smallest absolute Gasteiger partial charge is 0.139 e. The van der Waals surface area contributed by atoms with E-state index in [0.29, 0.717) is 0 Å². The Morgan fingerprint density at radius 2 is 2.14 bits per heavy atom. The van der Waals surface area contributed by atoms with E-state index in [-0.39, 0.29) is 24.4 Å². The number of rotatable bonds is 4. The average Bonchev–Trinajstić information content (AvgIpc) is 2.18. The van der Waals surface area contributed by atoms with Gasteiger partial charge in [0, 0.05) is 6.20 Å². The largest absolute Gasteiger partial charge is 0.506 e. The summed E-state index contributed by atoms with van der Waals surface area (Å²) in [6, 6.07) is 2.95. The second-order valence-electron chi connectivity index (χ2n) is 3.00. The highest BCUT2D eigenvalue weighted by Crippen LogP contribution is 2.24. The molecule has 0 bridgehead atoms. The fraction of sp³-hybridized carbons (Fsp3) is 0.444. The van der Waals surface area contributed by atoms with Gasteiger partial charge < -0.3 is 21.1 Å². The van der Waals surface area contributed by atoms with Crippen LogP contribution in [0.3, 0.4) is 0 Å². The molecule has 5 nitrogen and oxygen atoms in total. The number of pyridine rings is 1. The molecule has 0 aliphatic carbocycles. The van der Waals surface area contributed by atoms with Crippen LogP contribution in [-0.4, -0.2) is 33.0 Å². The molecule has 2 unspecified atom stereocenters. The van der Waals surface area contributed by atoms with Crippen LogP contribution in [0.15, 0.2) is 18.3 Å². The Kier molecular flexibility index (Phi) is 3.82. The summed E-state index contributed by atoms with van der Waals surface area (Å²) < 4.78 is 0. The molecule has 5 N–H and O–H groups in total. The monoisotopic (exact) mass is 198 g/mol. The van der Waals surface area contributed by atoms with Gasteiger partial charge in [0.1, 0.15) is 17.5 Å². The fourth-order valence-electron chi connectivity index (χ4n) is 1.15. The third-order valence-corrected chi connectivity index (χ3v) is 1.92. The topological polar surface area (TPSA) is 99.6 Å². The molecule has 0 aliphatic rings. The quantitative estimate of drug-likeness (QED) is 0.524. The lowest BCUT2D eigenvalue weighted by molar-refractivity contribution is 0.0111. The average molecular weight is 198 g/mol. The van der Waals surface area contributed by atoms with E-state index in [1.165, 1.54) is 12.3 Å². The third kappa shape index (κ3) is 2.41. The summed E-state index contributed by atoms with van der Waals surface area (Å²) in [7, 11) is 0. The lowest BCUT2D eigenvalue weighted by atomic mass is 10.1. The number of aromatic hydroxyl groups is 1. The van der Waals surface area contributed by atoms with Gasteiger partial charge in [-0.2, -0.15) is 0 Å². The van der Waals surface area contributed by atoms with E-state index in [0.717, 1.165) is 0 Å². The van der Waals surface area contributed by atoms with E-state index in [2.05, 4.69) is 4.98 Å². The molecule has 0 saturated heterocycles. The Labute approximate surface area is 81.8 Å². The van der Waals surface area contributed by atoms with Crippen molar-refractivity contribution in [2.75, 3.05) is 6.54 Å². The number of aliphatic hydroxyl groups is 2. The molecule has 2 atom stereocenters. The minimum Gasteiger partial charge on any atom is -0.506 e. The molecule has 0 fully saturated rings. The lowest BCUT2D eigenvalue weighted by Gasteiger charge is -2.16. The van der Waals surface area contributed by atoms with Crippen LogP contribution in [0, 0.1) is 0 Å². The molecule has 0 saturated carbocycles. The molecule has 0 amide bonds. The Hall–Kier alpha value is -1.17. The van der Waals surface area contributed by atoms with Crippen molar-refractivity contribution in [2.45, 2.75) is 18.6 Å². The van der Waals surface area contributed by atoms with Gasteiger partial charge >= 0.3 is 0 Å². The van der Waals surface area contributed by atoms with E-state index in [4.69, 9.17) is 5.73 Å². The van der Waals surface area contributed by atoms with E-state index in [9.17, 15) is 15.3 Å².